The van der Waals surface area contributed by atoms with Gasteiger partial charge in [0.05, 0.1) is 22.3 Å². The van der Waals surface area contributed by atoms with Gasteiger partial charge in [0.15, 0.2) is 5.69 Å². The van der Waals surface area contributed by atoms with E-state index in [4.69, 9.17) is 23.2 Å². The molecule has 3 rings (SSSR count). The van der Waals surface area contributed by atoms with Crippen molar-refractivity contribution in [2.45, 2.75) is 21.5 Å². The van der Waals surface area contributed by atoms with Crippen LogP contribution in [0.2, 0.25) is 10.0 Å². The predicted molar refractivity (Wildman–Crippen MR) is 122 cm³/mol. The lowest BCUT2D eigenvalue weighted by molar-refractivity contribution is -0.137. The summed E-state index contributed by atoms with van der Waals surface area (Å²) in [4.78, 5) is 0.244. The molecule has 0 saturated heterocycles. The maximum Gasteiger partial charge on any atom is 0.446 e. The van der Waals surface area contributed by atoms with E-state index in [1.165, 1.54) is 11.8 Å². The minimum atomic E-state index is -4.81. The summed E-state index contributed by atoms with van der Waals surface area (Å²) in [6.07, 6.45) is -2.94. The van der Waals surface area contributed by atoms with E-state index >= 15 is 0 Å². The highest BCUT2D eigenvalue weighted by Crippen LogP contribution is 2.46. The quantitative estimate of drug-likeness (QED) is 0.139. The molecule has 3 aromatic rings. The van der Waals surface area contributed by atoms with Gasteiger partial charge in [0, 0.05) is 4.90 Å². The highest BCUT2D eigenvalue weighted by Gasteiger charge is 2.41. The van der Waals surface area contributed by atoms with Crippen molar-refractivity contribution in [3.63, 3.8) is 0 Å². The Labute approximate surface area is 207 Å². The number of alkyl halides is 6. The second kappa shape index (κ2) is 9.73. The number of thioether (sulfide) groups is 2. The van der Waals surface area contributed by atoms with Crippen molar-refractivity contribution in [1.29, 1.82) is 5.26 Å². The monoisotopic (exact) mass is 555 g/mol. The van der Waals surface area contributed by atoms with Gasteiger partial charge in [0.2, 0.25) is 5.69 Å². The molecular formula is C20H11Cl2F6N4S2+. The molecule has 1 heterocycles. The molecule has 2 aromatic carbocycles. The zero-order valence-electron chi connectivity index (χ0n) is 16.8. The third-order valence-electron chi connectivity index (χ3n) is 4.34. The van der Waals surface area contributed by atoms with Gasteiger partial charge in [0.1, 0.15) is 16.7 Å². The topological polar surface area (TPSA) is 44.6 Å². The number of nitrogens with zero attached hydrogens (tertiary/aromatic N) is 4. The van der Waals surface area contributed by atoms with Crippen LogP contribution in [0.15, 0.2) is 46.2 Å². The van der Waals surface area contributed by atoms with Crippen LogP contribution in [0.25, 0.3) is 5.69 Å². The lowest BCUT2D eigenvalue weighted by atomic mass is 10.2. The lowest BCUT2D eigenvalue weighted by Gasteiger charge is -2.12. The van der Waals surface area contributed by atoms with Crippen LogP contribution in [0, 0.1) is 11.3 Å². The van der Waals surface area contributed by atoms with Crippen LogP contribution in [0.4, 0.5) is 37.8 Å². The molecule has 0 aliphatic rings. The van der Waals surface area contributed by atoms with Crippen molar-refractivity contribution in [2.75, 3.05) is 6.26 Å². The van der Waals surface area contributed by atoms with Crippen LogP contribution in [0.5, 0.6) is 0 Å². The van der Waals surface area contributed by atoms with E-state index in [2.05, 4.69) is 11.8 Å². The molecule has 34 heavy (non-hydrogen) atoms. The average Bonchev–Trinajstić information content (AvgIpc) is 3.08. The Morgan fingerprint density at radius 2 is 1.62 bits per heavy atom. The zero-order valence-corrected chi connectivity index (χ0v) is 19.9. The van der Waals surface area contributed by atoms with Gasteiger partial charge in [-0.1, -0.05) is 33.0 Å². The second-order valence-electron chi connectivity index (χ2n) is 6.49. The molecule has 0 radical (unpaired) electrons. The van der Waals surface area contributed by atoms with E-state index in [0.29, 0.717) is 17.8 Å². The molecule has 0 saturated carbocycles. The maximum absolute atomic E-state index is 13.4. The summed E-state index contributed by atoms with van der Waals surface area (Å²) in [5.41, 5.74) is -6.65. The first-order chi connectivity index (χ1) is 15.8. The van der Waals surface area contributed by atoms with Gasteiger partial charge in [-0.2, -0.15) is 31.6 Å². The summed E-state index contributed by atoms with van der Waals surface area (Å²) < 4.78 is 81.4. The first-order valence-electron chi connectivity index (χ1n) is 8.87. The Hall–Kier alpha value is -2.33. The van der Waals surface area contributed by atoms with Crippen molar-refractivity contribution in [1.82, 2.24) is 14.4 Å². The van der Waals surface area contributed by atoms with Crippen LogP contribution >= 0.6 is 46.7 Å². The van der Waals surface area contributed by atoms with Gasteiger partial charge in [-0.3, -0.25) is 0 Å². The van der Waals surface area contributed by atoms with Gasteiger partial charge in [-0.15, -0.1) is 11.8 Å². The SMILES string of the molecule is C=[N+](c1ccc(SC)cc1)c1c(SC(F)(F)F)c(C#N)nn1-c1c(Cl)cc(C(F)(F)F)cc1Cl. The molecule has 0 unspecified atom stereocenters. The summed E-state index contributed by atoms with van der Waals surface area (Å²) in [5.74, 6) is -0.362. The Morgan fingerprint density at radius 3 is 2.06 bits per heavy atom. The molecule has 4 nitrogen and oxygen atoms in total. The van der Waals surface area contributed by atoms with Crippen molar-refractivity contribution in [3.8, 4) is 11.8 Å². The largest absolute Gasteiger partial charge is 0.446 e. The predicted octanol–water partition coefficient (Wildman–Crippen LogP) is 7.94. The second-order valence-corrected chi connectivity index (χ2v) is 9.25. The number of halogens is 8. The number of rotatable bonds is 5. The fourth-order valence-electron chi connectivity index (χ4n) is 2.89. The van der Waals surface area contributed by atoms with E-state index in [9.17, 15) is 31.6 Å². The van der Waals surface area contributed by atoms with Crippen LogP contribution < -0.4 is 4.58 Å². The first-order valence-corrected chi connectivity index (χ1v) is 11.7. The van der Waals surface area contributed by atoms with E-state index < -0.39 is 49.6 Å². The Kier molecular flexibility index (Phi) is 7.52. The Balaban J connectivity index is 2.32. The van der Waals surface area contributed by atoms with Crippen LogP contribution in [0.1, 0.15) is 11.3 Å². The number of aromatic nitrogens is 2. The summed E-state index contributed by atoms with van der Waals surface area (Å²) in [6.45, 7) is 3.78. The molecule has 0 atom stereocenters. The van der Waals surface area contributed by atoms with Gasteiger partial charge < -0.3 is 0 Å². The maximum atomic E-state index is 13.4. The molecular weight excluding hydrogens is 545 g/mol. The van der Waals surface area contributed by atoms with Crippen molar-refractivity contribution in [3.05, 3.63) is 57.7 Å². The number of hydrogen-bond acceptors (Lipinski definition) is 4. The summed E-state index contributed by atoms with van der Waals surface area (Å²) in [6, 6.07) is 9.23. The standard InChI is InChI=1S/C20H11Cl2F6N4S2/c1-31(11-3-5-12(33-2)6-4-11)18-17(34-20(26,27)28)15(9-29)30-32(18)16-13(21)7-10(8-14(16)22)19(23,24)25/h3-8H,1H2,2H3/q+1. The molecule has 1 aromatic heterocycles. The van der Waals surface area contributed by atoms with E-state index in [1.54, 1.807) is 30.3 Å². The molecule has 0 aliphatic carbocycles. The van der Waals surface area contributed by atoms with Crippen molar-refractivity contribution >= 4 is 64.9 Å². The fraction of sp³-hybridized carbons (Fsp3) is 0.150. The molecule has 14 heteroatoms. The van der Waals surface area contributed by atoms with Crippen LogP contribution in [-0.4, -0.2) is 28.3 Å². The summed E-state index contributed by atoms with van der Waals surface area (Å²) in [5, 5.41) is 12.2. The van der Waals surface area contributed by atoms with Crippen molar-refractivity contribution in [2.24, 2.45) is 0 Å². The van der Waals surface area contributed by atoms with E-state index in [-0.39, 0.29) is 11.5 Å². The highest BCUT2D eigenvalue weighted by atomic mass is 35.5. The molecule has 0 bridgehead atoms. The molecule has 0 spiro atoms. The molecule has 0 N–H and O–H groups in total. The number of hydrogen-bond donors (Lipinski definition) is 0. The molecule has 0 fully saturated rings. The normalized spacial score (nSPS) is 12.0. The summed E-state index contributed by atoms with van der Waals surface area (Å²) >= 11 is 13.0. The minimum Gasteiger partial charge on any atom is -0.204 e. The Bertz CT molecular complexity index is 1270. The molecule has 0 aliphatic heterocycles. The lowest BCUT2D eigenvalue weighted by Crippen LogP contribution is -2.11. The van der Waals surface area contributed by atoms with Crippen LogP contribution in [-0.2, 0) is 6.18 Å². The average molecular weight is 556 g/mol. The highest BCUT2D eigenvalue weighted by molar-refractivity contribution is 8.00. The first kappa shape index (κ1) is 26.3. The van der Waals surface area contributed by atoms with Gasteiger partial charge in [0.25, 0.3) is 0 Å². The minimum absolute atomic E-state index is 0.312. The smallest absolute Gasteiger partial charge is 0.204 e. The van der Waals surface area contributed by atoms with Gasteiger partial charge >= 0.3 is 17.5 Å². The zero-order chi connectivity index (χ0) is 25.4. The number of benzene rings is 2. The van der Waals surface area contributed by atoms with E-state index in [0.717, 1.165) is 14.2 Å². The van der Waals surface area contributed by atoms with Gasteiger partial charge in [-0.05, 0) is 54.4 Å². The van der Waals surface area contributed by atoms with Gasteiger partial charge in [-0.25, -0.2) is 4.58 Å². The summed E-state index contributed by atoms with van der Waals surface area (Å²) in [7, 11) is 0. The van der Waals surface area contributed by atoms with Crippen LogP contribution in [0.3, 0.4) is 0 Å². The number of nitriles is 1. The van der Waals surface area contributed by atoms with Crippen molar-refractivity contribution < 1.29 is 26.3 Å². The molecule has 178 valence electrons. The Morgan fingerprint density at radius 1 is 1.06 bits per heavy atom. The molecule has 0 amide bonds. The fourth-order valence-corrected chi connectivity index (χ4v) is 4.64. The van der Waals surface area contributed by atoms with E-state index in [1.807, 2.05) is 6.26 Å². The third-order valence-corrected chi connectivity index (χ3v) is 6.47. The third kappa shape index (κ3) is 5.49.